The zero-order chi connectivity index (χ0) is 32.8. The van der Waals surface area contributed by atoms with Crippen LogP contribution in [0.3, 0.4) is 0 Å². The minimum absolute atomic E-state index is 0.0382. The second kappa shape index (κ2) is 14.7. The van der Waals surface area contributed by atoms with Crippen molar-refractivity contribution >= 4 is 17.7 Å². The monoisotopic (exact) mass is 638 g/mol. The van der Waals surface area contributed by atoms with Gasteiger partial charge in [0, 0.05) is 38.8 Å². The SMILES string of the molecule is CNC(=O)c1ccc(Oc2ccc(CN3CCC4(CC3)C(=O)N[C@H]([C@H](O)C3CCCCC3)C(=O)N4CCc3ccccc3)cc2)cc1. The quantitative estimate of drug-likeness (QED) is 0.298. The Bertz CT molecular complexity index is 1510. The van der Waals surface area contributed by atoms with Crippen LogP contribution >= 0.6 is 0 Å². The third-order valence-corrected chi connectivity index (χ3v) is 10.3. The predicted octanol–water partition coefficient (Wildman–Crippen LogP) is 4.68. The number of piperidine rings is 1. The number of benzene rings is 3. The lowest BCUT2D eigenvalue weighted by Crippen LogP contribution is -2.75. The van der Waals surface area contributed by atoms with Crippen molar-refractivity contribution in [2.45, 2.75) is 75.6 Å². The molecule has 3 aromatic rings. The fourth-order valence-electron chi connectivity index (χ4n) is 7.48. The Labute approximate surface area is 277 Å². The maximum Gasteiger partial charge on any atom is 0.251 e. The highest BCUT2D eigenvalue weighted by atomic mass is 16.5. The number of likely N-dealkylation sites (tertiary alicyclic amines) is 1. The molecule has 0 unspecified atom stereocenters. The molecule has 0 radical (unpaired) electrons. The van der Waals surface area contributed by atoms with Crippen LogP contribution in [-0.2, 0) is 22.6 Å². The first-order chi connectivity index (χ1) is 22.9. The van der Waals surface area contributed by atoms with E-state index in [-0.39, 0.29) is 23.6 Å². The van der Waals surface area contributed by atoms with E-state index >= 15 is 0 Å². The van der Waals surface area contributed by atoms with Gasteiger partial charge in [-0.2, -0.15) is 0 Å². The predicted molar refractivity (Wildman–Crippen MR) is 180 cm³/mol. The van der Waals surface area contributed by atoms with Crippen molar-refractivity contribution in [3.05, 3.63) is 95.6 Å². The number of nitrogens with one attached hydrogen (secondary N) is 2. The van der Waals surface area contributed by atoms with E-state index in [1.54, 1.807) is 31.3 Å². The summed E-state index contributed by atoms with van der Waals surface area (Å²) in [4.78, 5) is 44.1. The summed E-state index contributed by atoms with van der Waals surface area (Å²) in [5, 5.41) is 17.0. The normalized spacial score (nSPS) is 20.9. The third kappa shape index (κ3) is 7.36. The van der Waals surface area contributed by atoms with Gasteiger partial charge in [0.05, 0.1) is 6.10 Å². The number of ether oxygens (including phenoxy) is 1. The minimum atomic E-state index is -0.920. The van der Waals surface area contributed by atoms with Gasteiger partial charge >= 0.3 is 0 Å². The zero-order valence-corrected chi connectivity index (χ0v) is 27.2. The van der Waals surface area contributed by atoms with Gasteiger partial charge < -0.3 is 25.4 Å². The Morgan fingerprint density at radius 3 is 2.19 bits per heavy atom. The van der Waals surface area contributed by atoms with Crippen molar-refractivity contribution in [3.63, 3.8) is 0 Å². The topological polar surface area (TPSA) is 111 Å². The van der Waals surface area contributed by atoms with Crippen molar-refractivity contribution in [2.75, 3.05) is 26.7 Å². The molecule has 0 aromatic heterocycles. The summed E-state index contributed by atoms with van der Waals surface area (Å²) in [5.74, 6) is 0.974. The molecule has 3 fully saturated rings. The summed E-state index contributed by atoms with van der Waals surface area (Å²) < 4.78 is 5.97. The molecule has 1 spiro atoms. The zero-order valence-electron chi connectivity index (χ0n) is 27.2. The molecule has 47 heavy (non-hydrogen) atoms. The third-order valence-electron chi connectivity index (χ3n) is 10.3. The van der Waals surface area contributed by atoms with Gasteiger partial charge in [-0.25, -0.2) is 0 Å². The van der Waals surface area contributed by atoms with E-state index < -0.39 is 17.7 Å². The molecule has 1 saturated carbocycles. The van der Waals surface area contributed by atoms with Gasteiger partial charge in [0.15, 0.2) is 0 Å². The molecule has 3 amide bonds. The van der Waals surface area contributed by atoms with Gasteiger partial charge in [-0.1, -0.05) is 61.7 Å². The molecule has 3 aliphatic rings. The summed E-state index contributed by atoms with van der Waals surface area (Å²) in [6, 6.07) is 24.1. The number of hydrogen-bond donors (Lipinski definition) is 3. The molecule has 2 saturated heterocycles. The fourth-order valence-corrected chi connectivity index (χ4v) is 7.48. The van der Waals surface area contributed by atoms with Gasteiger partial charge in [-0.15, -0.1) is 0 Å². The Morgan fingerprint density at radius 2 is 1.55 bits per heavy atom. The number of rotatable bonds is 10. The van der Waals surface area contributed by atoms with Crippen LogP contribution in [0.15, 0.2) is 78.9 Å². The number of carbonyl (C=O) groups excluding carboxylic acids is 3. The highest BCUT2D eigenvalue weighted by Crippen LogP contribution is 2.36. The largest absolute Gasteiger partial charge is 0.457 e. The standard InChI is InChI=1S/C38H46N4O5/c1-39-35(44)30-14-18-32(19-15-30)47-31-16-12-28(13-17-31)26-41-24-21-38(22-25-41)37(46)40-33(34(43)29-10-6-3-7-11-29)36(45)42(38)23-20-27-8-4-2-5-9-27/h2,4-5,8-9,12-19,29,33-34,43H,3,6-7,10-11,20-26H2,1H3,(H,39,44)(H,40,46)/t33-,34-/m1/s1. The van der Waals surface area contributed by atoms with Crippen LogP contribution in [0, 0.1) is 5.92 Å². The van der Waals surface area contributed by atoms with Crippen LogP contribution in [-0.4, -0.2) is 77.0 Å². The summed E-state index contributed by atoms with van der Waals surface area (Å²) in [7, 11) is 1.60. The van der Waals surface area contributed by atoms with E-state index in [1.165, 1.54) is 0 Å². The van der Waals surface area contributed by atoms with Crippen molar-refractivity contribution in [1.29, 1.82) is 0 Å². The Balaban J connectivity index is 1.10. The van der Waals surface area contributed by atoms with Crippen LogP contribution in [0.4, 0.5) is 0 Å². The van der Waals surface area contributed by atoms with E-state index in [1.807, 2.05) is 47.4 Å². The van der Waals surface area contributed by atoms with Crippen molar-refractivity contribution < 1.29 is 24.2 Å². The maximum atomic E-state index is 14.2. The first-order valence-corrected chi connectivity index (χ1v) is 17.0. The Morgan fingerprint density at radius 1 is 0.915 bits per heavy atom. The average Bonchev–Trinajstić information content (AvgIpc) is 3.12. The van der Waals surface area contributed by atoms with Gasteiger partial charge in [0.2, 0.25) is 11.8 Å². The number of nitrogens with zero attached hydrogens (tertiary/aromatic N) is 2. The maximum absolute atomic E-state index is 14.2. The van der Waals surface area contributed by atoms with Crippen LogP contribution in [0.1, 0.15) is 66.4 Å². The number of aliphatic hydroxyl groups is 1. The number of carbonyl (C=O) groups is 3. The molecule has 0 bridgehead atoms. The van der Waals surface area contributed by atoms with Crippen molar-refractivity contribution in [1.82, 2.24) is 20.4 Å². The molecule has 6 rings (SSSR count). The van der Waals surface area contributed by atoms with Crippen LogP contribution in [0.5, 0.6) is 11.5 Å². The second-order valence-corrected chi connectivity index (χ2v) is 13.2. The van der Waals surface area contributed by atoms with Crippen LogP contribution in [0.25, 0.3) is 0 Å². The van der Waals surface area contributed by atoms with Crippen LogP contribution in [0.2, 0.25) is 0 Å². The number of hydrogen-bond acceptors (Lipinski definition) is 6. The first kappa shape index (κ1) is 32.7. The highest BCUT2D eigenvalue weighted by Gasteiger charge is 2.55. The molecule has 3 aromatic carbocycles. The second-order valence-electron chi connectivity index (χ2n) is 13.2. The smallest absolute Gasteiger partial charge is 0.251 e. The molecule has 1 aliphatic carbocycles. The van der Waals surface area contributed by atoms with E-state index in [9.17, 15) is 19.5 Å². The van der Waals surface area contributed by atoms with Gasteiger partial charge in [-0.3, -0.25) is 19.3 Å². The molecule has 2 heterocycles. The summed E-state index contributed by atoms with van der Waals surface area (Å²) in [6.07, 6.45) is 5.93. The molecule has 9 heteroatoms. The number of amides is 3. The molecule has 3 N–H and O–H groups in total. The Kier molecular flexibility index (Phi) is 10.2. The lowest BCUT2D eigenvalue weighted by atomic mass is 9.77. The average molecular weight is 639 g/mol. The summed E-state index contributed by atoms with van der Waals surface area (Å²) in [6.45, 7) is 2.52. The van der Waals surface area contributed by atoms with Crippen molar-refractivity contribution in [2.24, 2.45) is 5.92 Å². The van der Waals surface area contributed by atoms with E-state index in [0.717, 1.165) is 49.8 Å². The van der Waals surface area contributed by atoms with Crippen molar-refractivity contribution in [3.8, 4) is 11.5 Å². The first-order valence-electron chi connectivity index (χ1n) is 17.0. The highest BCUT2D eigenvalue weighted by molar-refractivity contribution is 6.00. The molecule has 9 nitrogen and oxygen atoms in total. The minimum Gasteiger partial charge on any atom is -0.457 e. The van der Waals surface area contributed by atoms with Gasteiger partial charge in [0.1, 0.15) is 23.1 Å². The molecular weight excluding hydrogens is 592 g/mol. The molecule has 2 atom stereocenters. The number of piperazine rings is 1. The van der Waals surface area contributed by atoms with E-state index in [0.29, 0.717) is 56.0 Å². The van der Waals surface area contributed by atoms with Crippen LogP contribution < -0.4 is 15.4 Å². The number of aliphatic hydroxyl groups excluding tert-OH is 1. The van der Waals surface area contributed by atoms with E-state index in [2.05, 4.69) is 27.7 Å². The van der Waals surface area contributed by atoms with E-state index in [4.69, 9.17) is 4.74 Å². The lowest BCUT2D eigenvalue weighted by molar-refractivity contribution is -0.165. The molecular formula is C38H46N4O5. The van der Waals surface area contributed by atoms with Gasteiger partial charge in [0.25, 0.3) is 5.91 Å². The lowest BCUT2D eigenvalue weighted by Gasteiger charge is -2.52. The molecule has 248 valence electrons. The molecule has 2 aliphatic heterocycles. The summed E-state index contributed by atoms with van der Waals surface area (Å²) in [5.41, 5.74) is 1.90. The van der Waals surface area contributed by atoms with Gasteiger partial charge in [-0.05, 0) is 85.5 Å². The fraction of sp³-hybridized carbons (Fsp3) is 0.447. The summed E-state index contributed by atoms with van der Waals surface area (Å²) >= 11 is 0. The Hall–Kier alpha value is -4.21.